The second kappa shape index (κ2) is 7.79. The van der Waals surface area contributed by atoms with Gasteiger partial charge in [-0.2, -0.15) is 5.10 Å². The fourth-order valence-corrected chi connectivity index (χ4v) is 3.58. The molecule has 28 heavy (non-hydrogen) atoms. The van der Waals surface area contributed by atoms with Crippen molar-refractivity contribution in [3.8, 4) is 11.4 Å². The van der Waals surface area contributed by atoms with Gasteiger partial charge in [0.15, 0.2) is 11.6 Å². The fraction of sp³-hybridized carbons (Fsp3) is 0.421. The molecule has 2 atom stereocenters. The first-order valence-electron chi connectivity index (χ1n) is 9.49. The van der Waals surface area contributed by atoms with Crippen LogP contribution in [0.2, 0.25) is 0 Å². The highest BCUT2D eigenvalue weighted by molar-refractivity contribution is 5.74. The SMILES string of the molecule is C[C@H](NC(=O)N1CCC[C@H](c2nc(-c3ccccc3)n[nH]2)C1)c1nncn1C. The summed E-state index contributed by atoms with van der Waals surface area (Å²) in [5.41, 5.74) is 0.980. The Kier molecular flexibility index (Phi) is 5.05. The van der Waals surface area contributed by atoms with Gasteiger partial charge in [-0.3, -0.25) is 5.10 Å². The van der Waals surface area contributed by atoms with Gasteiger partial charge in [0.1, 0.15) is 12.2 Å². The Labute approximate surface area is 163 Å². The van der Waals surface area contributed by atoms with E-state index in [0.717, 1.165) is 36.6 Å². The second-order valence-corrected chi connectivity index (χ2v) is 7.17. The number of nitrogens with zero attached hydrogens (tertiary/aromatic N) is 6. The van der Waals surface area contributed by atoms with Crippen LogP contribution in [0.4, 0.5) is 4.79 Å². The smallest absolute Gasteiger partial charge is 0.317 e. The van der Waals surface area contributed by atoms with E-state index in [1.54, 1.807) is 6.33 Å². The Balaban J connectivity index is 1.41. The predicted octanol–water partition coefficient (Wildman–Crippen LogP) is 2.25. The highest BCUT2D eigenvalue weighted by Gasteiger charge is 2.28. The number of likely N-dealkylation sites (tertiary alicyclic amines) is 1. The van der Waals surface area contributed by atoms with E-state index >= 15 is 0 Å². The Morgan fingerprint density at radius 2 is 2.14 bits per heavy atom. The van der Waals surface area contributed by atoms with Gasteiger partial charge >= 0.3 is 6.03 Å². The molecule has 9 nitrogen and oxygen atoms in total. The molecule has 0 spiro atoms. The van der Waals surface area contributed by atoms with Crippen molar-refractivity contribution in [3.63, 3.8) is 0 Å². The summed E-state index contributed by atoms with van der Waals surface area (Å²) >= 11 is 0. The lowest BCUT2D eigenvalue weighted by atomic mass is 9.97. The zero-order chi connectivity index (χ0) is 19.5. The van der Waals surface area contributed by atoms with Crippen LogP contribution in [0.5, 0.6) is 0 Å². The largest absolute Gasteiger partial charge is 0.328 e. The molecule has 9 heteroatoms. The van der Waals surface area contributed by atoms with E-state index in [9.17, 15) is 4.79 Å². The maximum Gasteiger partial charge on any atom is 0.317 e. The summed E-state index contributed by atoms with van der Waals surface area (Å²) < 4.78 is 1.81. The number of piperidine rings is 1. The molecular formula is C19H24N8O. The molecule has 0 saturated carbocycles. The number of aryl methyl sites for hydroxylation is 1. The molecule has 0 bridgehead atoms. The van der Waals surface area contributed by atoms with Gasteiger partial charge in [0.05, 0.1) is 6.04 Å². The first-order valence-corrected chi connectivity index (χ1v) is 9.49. The van der Waals surface area contributed by atoms with Gasteiger partial charge in [-0.1, -0.05) is 30.3 Å². The van der Waals surface area contributed by atoms with Crippen molar-refractivity contribution in [2.75, 3.05) is 13.1 Å². The molecule has 1 aliphatic heterocycles. The molecule has 3 heterocycles. The van der Waals surface area contributed by atoms with Gasteiger partial charge in [0.2, 0.25) is 0 Å². The Morgan fingerprint density at radius 3 is 2.89 bits per heavy atom. The van der Waals surface area contributed by atoms with Crippen molar-refractivity contribution in [1.29, 1.82) is 0 Å². The molecular weight excluding hydrogens is 356 g/mol. The van der Waals surface area contributed by atoms with Crippen LogP contribution in [0.3, 0.4) is 0 Å². The van der Waals surface area contributed by atoms with Crippen LogP contribution < -0.4 is 5.32 Å². The molecule has 3 aromatic rings. The molecule has 0 aliphatic carbocycles. The summed E-state index contributed by atoms with van der Waals surface area (Å²) in [4.78, 5) is 19.2. The van der Waals surface area contributed by atoms with E-state index in [0.29, 0.717) is 12.4 Å². The molecule has 146 valence electrons. The first kappa shape index (κ1) is 18.1. The second-order valence-electron chi connectivity index (χ2n) is 7.17. The maximum atomic E-state index is 12.7. The first-order chi connectivity index (χ1) is 13.6. The molecule has 1 saturated heterocycles. The Bertz CT molecular complexity index is 934. The van der Waals surface area contributed by atoms with Crippen LogP contribution in [0.15, 0.2) is 36.7 Å². The molecule has 1 fully saturated rings. The molecule has 2 amide bonds. The van der Waals surface area contributed by atoms with Gasteiger partial charge in [0, 0.05) is 31.6 Å². The molecule has 0 radical (unpaired) electrons. The number of nitrogens with one attached hydrogen (secondary N) is 2. The van der Waals surface area contributed by atoms with Crippen LogP contribution in [-0.2, 0) is 7.05 Å². The summed E-state index contributed by atoms with van der Waals surface area (Å²) in [6, 6.07) is 9.57. The number of carbonyl (C=O) groups is 1. The summed E-state index contributed by atoms with van der Waals surface area (Å²) in [7, 11) is 1.86. The minimum Gasteiger partial charge on any atom is -0.328 e. The van der Waals surface area contributed by atoms with Crippen molar-refractivity contribution in [1.82, 2.24) is 40.2 Å². The number of carbonyl (C=O) groups excluding carboxylic acids is 1. The van der Waals surface area contributed by atoms with Crippen molar-refractivity contribution < 1.29 is 4.79 Å². The lowest BCUT2D eigenvalue weighted by Crippen LogP contribution is -2.46. The lowest BCUT2D eigenvalue weighted by molar-refractivity contribution is 0.175. The molecule has 2 aromatic heterocycles. The number of rotatable bonds is 4. The quantitative estimate of drug-likeness (QED) is 0.722. The summed E-state index contributed by atoms with van der Waals surface area (Å²) in [5, 5.41) is 18.4. The fourth-order valence-electron chi connectivity index (χ4n) is 3.58. The highest BCUT2D eigenvalue weighted by atomic mass is 16.2. The summed E-state index contributed by atoms with van der Waals surface area (Å²) in [5.74, 6) is 2.39. The van der Waals surface area contributed by atoms with E-state index in [4.69, 9.17) is 0 Å². The number of H-pyrrole nitrogens is 1. The number of hydrogen-bond donors (Lipinski definition) is 2. The molecule has 1 aromatic carbocycles. The number of amides is 2. The van der Waals surface area contributed by atoms with Crippen molar-refractivity contribution in [2.24, 2.45) is 7.05 Å². The maximum absolute atomic E-state index is 12.7. The van der Waals surface area contributed by atoms with Gasteiger partial charge in [-0.15, -0.1) is 10.2 Å². The third-order valence-corrected chi connectivity index (χ3v) is 5.10. The molecule has 1 aliphatic rings. The lowest BCUT2D eigenvalue weighted by Gasteiger charge is -2.32. The average molecular weight is 380 g/mol. The van der Waals surface area contributed by atoms with Crippen molar-refractivity contribution >= 4 is 6.03 Å². The molecule has 4 rings (SSSR count). The third kappa shape index (κ3) is 3.73. The van der Waals surface area contributed by atoms with E-state index in [1.807, 2.05) is 53.8 Å². The highest BCUT2D eigenvalue weighted by Crippen LogP contribution is 2.26. The zero-order valence-electron chi connectivity index (χ0n) is 16.0. The van der Waals surface area contributed by atoms with Gasteiger partial charge < -0.3 is 14.8 Å². The van der Waals surface area contributed by atoms with Crippen LogP contribution in [-0.4, -0.2) is 54.0 Å². The number of aromatic amines is 1. The summed E-state index contributed by atoms with van der Waals surface area (Å²) in [6.07, 6.45) is 3.53. The van der Waals surface area contributed by atoms with Crippen LogP contribution in [0.1, 0.15) is 43.4 Å². The monoisotopic (exact) mass is 380 g/mol. The van der Waals surface area contributed by atoms with Crippen molar-refractivity contribution in [2.45, 2.75) is 31.7 Å². The minimum atomic E-state index is -0.213. The number of urea groups is 1. The van der Waals surface area contributed by atoms with E-state index in [-0.39, 0.29) is 18.0 Å². The zero-order valence-corrected chi connectivity index (χ0v) is 16.0. The van der Waals surface area contributed by atoms with Gasteiger partial charge in [-0.25, -0.2) is 9.78 Å². The topological polar surface area (TPSA) is 105 Å². The Morgan fingerprint density at radius 1 is 1.32 bits per heavy atom. The molecule has 0 unspecified atom stereocenters. The van der Waals surface area contributed by atoms with E-state index < -0.39 is 0 Å². The van der Waals surface area contributed by atoms with Crippen LogP contribution in [0.25, 0.3) is 11.4 Å². The van der Waals surface area contributed by atoms with Crippen LogP contribution >= 0.6 is 0 Å². The van der Waals surface area contributed by atoms with E-state index in [1.165, 1.54) is 0 Å². The van der Waals surface area contributed by atoms with Gasteiger partial charge in [0.25, 0.3) is 0 Å². The normalized spacial score (nSPS) is 18.1. The minimum absolute atomic E-state index is 0.0944. The van der Waals surface area contributed by atoms with Crippen molar-refractivity contribution in [3.05, 3.63) is 48.3 Å². The van der Waals surface area contributed by atoms with Crippen LogP contribution in [0, 0.1) is 0 Å². The van der Waals surface area contributed by atoms with E-state index in [2.05, 4.69) is 30.7 Å². The molecule has 2 N–H and O–H groups in total. The van der Waals surface area contributed by atoms with Gasteiger partial charge in [-0.05, 0) is 19.8 Å². The number of aromatic nitrogens is 6. The Hall–Kier alpha value is -3.23. The standard InChI is InChI=1S/C19H24N8O/c1-13(18-25-20-12-26(18)2)21-19(28)27-10-6-9-15(11-27)17-22-16(23-24-17)14-7-4-3-5-8-14/h3-5,7-8,12-13,15H,6,9-11H2,1-2H3,(H,21,28)(H,22,23,24)/t13-,15-/m0/s1. The third-order valence-electron chi connectivity index (χ3n) is 5.10. The number of benzene rings is 1. The summed E-state index contributed by atoms with van der Waals surface area (Å²) in [6.45, 7) is 3.25. The average Bonchev–Trinajstić information content (AvgIpc) is 3.38. The number of hydrogen-bond acceptors (Lipinski definition) is 5. The predicted molar refractivity (Wildman–Crippen MR) is 103 cm³/mol.